The third-order valence-corrected chi connectivity index (χ3v) is 3.96. The Balaban J connectivity index is 2.15. The van der Waals surface area contributed by atoms with Crippen LogP contribution >= 0.6 is 0 Å². The minimum Gasteiger partial charge on any atom is -0.370 e. The van der Waals surface area contributed by atoms with Crippen LogP contribution in [-0.2, 0) is 11.3 Å². The smallest absolute Gasteiger partial charge is 0.227 e. The maximum Gasteiger partial charge on any atom is 0.227 e. The average Bonchev–Trinajstić information content (AvgIpc) is 2.93. The predicted octanol–water partition coefficient (Wildman–Crippen LogP) is 3.07. The Morgan fingerprint density at radius 1 is 1.42 bits per heavy atom. The van der Waals surface area contributed by atoms with Crippen LogP contribution < -0.4 is 0 Å². The van der Waals surface area contributed by atoms with E-state index in [1.807, 2.05) is 24.6 Å². The van der Waals surface area contributed by atoms with Crippen molar-refractivity contribution in [3.05, 3.63) is 18.2 Å². The first-order valence-electron chi connectivity index (χ1n) is 7.44. The summed E-state index contributed by atoms with van der Waals surface area (Å²) in [4.78, 5) is 16.9. The average molecular weight is 264 g/mol. The number of ether oxygens (including phenoxy) is 1. The lowest BCUT2D eigenvalue weighted by Crippen LogP contribution is -2.35. The summed E-state index contributed by atoms with van der Waals surface area (Å²) in [5.41, 5.74) is 0. The molecule has 0 spiro atoms. The van der Waals surface area contributed by atoms with Crippen LogP contribution in [0.15, 0.2) is 12.4 Å². The lowest BCUT2D eigenvalue weighted by Gasteiger charge is -2.28. The van der Waals surface area contributed by atoms with Crippen molar-refractivity contribution >= 4 is 5.78 Å². The molecule has 0 N–H and O–H groups in total. The molecule has 2 rings (SSSR count). The number of aromatic nitrogens is 2. The highest BCUT2D eigenvalue weighted by atomic mass is 16.5. The third kappa shape index (κ3) is 3.24. The molecule has 1 atom stereocenters. The van der Waals surface area contributed by atoms with E-state index < -0.39 is 0 Å². The van der Waals surface area contributed by atoms with Crippen molar-refractivity contribution in [1.82, 2.24) is 9.55 Å². The highest BCUT2D eigenvalue weighted by molar-refractivity contribution is 5.96. The van der Waals surface area contributed by atoms with Gasteiger partial charge in [-0.1, -0.05) is 19.3 Å². The summed E-state index contributed by atoms with van der Waals surface area (Å²) >= 11 is 0. The summed E-state index contributed by atoms with van der Waals surface area (Å²) in [5.74, 6) is 0.968. The summed E-state index contributed by atoms with van der Waals surface area (Å²) in [6.07, 6.45) is 9.16. The third-order valence-electron chi connectivity index (χ3n) is 3.96. The predicted molar refractivity (Wildman–Crippen MR) is 74.2 cm³/mol. The van der Waals surface area contributed by atoms with Crippen molar-refractivity contribution in [2.75, 3.05) is 6.61 Å². The fraction of sp³-hybridized carbons (Fsp3) is 0.733. The molecule has 0 amide bonds. The van der Waals surface area contributed by atoms with Gasteiger partial charge in [0.05, 0.1) is 0 Å². The summed E-state index contributed by atoms with van der Waals surface area (Å²) in [6.45, 7) is 5.33. The Morgan fingerprint density at radius 3 is 2.79 bits per heavy atom. The standard InChI is InChI=1S/C15H24N2O2/c1-3-17-11-10-16-15(17)13(18)14(19-4-2)12-8-6-5-7-9-12/h10-12,14H,3-9H2,1-2H3. The molecule has 1 aromatic rings. The van der Waals surface area contributed by atoms with Crippen molar-refractivity contribution in [3.63, 3.8) is 0 Å². The van der Waals surface area contributed by atoms with Gasteiger partial charge in [0, 0.05) is 25.5 Å². The molecule has 1 aromatic heterocycles. The number of imidazole rings is 1. The van der Waals surface area contributed by atoms with Gasteiger partial charge in [-0.15, -0.1) is 0 Å². The maximum absolute atomic E-state index is 12.7. The number of aryl methyl sites for hydroxylation is 1. The van der Waals surface area contributed by atoms with Gasteiger partial charge < -0.3 is 9.30 Å². The van der Waals surface area contributed by atoms with Crippen molar-refractivity contribution in [2.45, 2.75) is 58.6 Å². The molecule has 19 heavy (non-hydrogen) atoms. The van der Waals surface area contributed by atoms with E-state index in [-0.39, 0.29) is 11.9 Å². The molecular weight excluding hydrogens is 240 g/mol. The van der Waals surface area contributed by atoms with Crippen LogP contribution in [0.25, 0.3) is 0 Å². The molecule has 1 aliphatic rings. The molecule has 1 aliphatic carbocycles. The van der Waals surface area contributed by atoms with E-state index in [1.165, 1.54) is 19.3 Å². The quantitative estimate of drug-likeness (QED) is 0.742. The van der Waals surface area contributed by atoms with Gasteiger partial charge in [0.2, 0.25) is 5.78 Å². The van der Waals surface area contributed by atoms with Crippen LogP contribution in [0.5, 0.6) is 0 Å². The topological polar surface area (TPSA) is 44.1 Å². The number of ketones is 1. The van der Waals surface area contributed by atoms with Gasteiger partial charge in [0.15, 0.2) is 5.82 Å². The summed E-state index contributed by atoms with van der Waals surface area (Å²) in [5, 5.41) is 0. The highest BCUT2D eigenvalue weighted by Crippen LogP contribution is 2.29. The SMILES string of the molecule is CCOC(C(=O)c1nccn1CC)C1CCCCC1. The second-order valence-electron chi connectivity index (χ2n) is 5.18. The van der Waals surface area contributed by atoms with E-state index in [1.54, 1.807) is 6.20 Å². The molecule has 106 valence electrons. The van der Waals surface area contributed by atoms with Crippen LogP contribution in [0.1, 0.15) is 56.6 Å². The molecule has 4 nitrogen and oxygen atoms in total. The number of hydrogen-bond acceptors (Lipinski definition) is 3. The molecular formula is C15H24N2O2. The van der Waals surface area contributed by atoms with E-state index in [2.05, 4.69) is 4.98 Å². The van der Waals surface area contributed by atoms with Crippen LogP contribution in [0.3, 0.4) is 0 Å². The second-order valence-corrected chi connectivity index (χ2v) is 5.18. The van der Waals surface area contributed by atoms with Crippen molar-refractivity contribution < 1.29 is 9.53 Å². The van der Waals surface area contributed by atoms with Crippen LogP contribution in [0.4, 0.5) is 0 Å². The van der Waals surface area contributed by atoms with Gasteiger partial charge in [-0.3, -0.25) is 4.79 Å². The van der Waals surface area contributed by atoms with Gasteiger partial charge in [0.25, 0.3) is 0 Å². The van der Waals surface area contributed by atoms with Crippen LogP contribution in [0, 0.1) is 5.92 Å². The Kier molecular flexibility index (Phi) is 5.14. The zero-order valence-corrected chi connectivity index (χ0v) is 12.0. The Bertz CT molecular complexity index is 408. The summed E-state index contributed by atoms with van der Waals surface area (Å²) in [7, 11) is 0. The van der Waals surface area contributed by atoms with Gasteiger partial charge in [-0.25, -0.2) is 4.98 Å². The van der Waals surface area contributed by atoms with Gasteiger partial charge in [0.1, 0.15) is 6.10 Å². The number of carbonyl (C=O) groups is 1. The van der Waals surface area contributed by atoms with E-state index in [0.717, 1.165) is 19.4 Å². The molecule has 0 radical (unpaired) electrons. The Morgan fingerprint density at radius 2 is 2.16 bits per heavy atom. The molecule has 1 heterocycles. The molecule has 0 aromatic carbocycles. The Hall–Kier alpha value is -1.16. The van der Waals surface area contributed by atoms with Crippen LogP contribution in [0.2, 0.25) is 0 Å². The van der Waals surface area contributed by atoms with Crippen molar-refractivity contribution in [2.24, 2.45) is 5.92 Å². The van der Waals surface area contributed by atoms with Crippen LogP contribution in [-0.4, -0.2) is 28.0 Å². The fourth-order valence-corrected chi connectivity index (χ4v) is 2.96. The monoisotopic (exact) mass is 264 g/mol. The fourth-order valence-electron chi connectivity index (χ4n) is 2.96. The molecule has 0 bridgehead atoms. The lowest BCUT2D eigenvalue weighted by atomic mass is 9.83. The van der Waals surface area contributed by atoms with Gasteiger partial charge in [-0.2, -0.15) is 0 Å². The van der Waals surface area contributed by atoms with Crippen molar-refractivity contribution in [3.8, 4) is 0 Å². The first-order valence-corrected chi connectivity index (χ1v) is 7.44. The van der Waals surface area contributed by atoms with Crippen molar-refractivity contribution in [1.29, 1.82) is 0 Å². The summed E-state index contributed by atoms with van der Waals surface area (Å²) < 4.78 is 7.66. The summed E-state index contributed by atoms with van der Waals surface area (Å²) in [6, 6.07) is 0. The Labute approximate surface area is 115 Å². The number of nitrogens with zero attached hydrogens (tertiary/aromatic N) is 2. The number of hydrogen-bond donors (Lipinski definition) is 0. The molecule has 1 unspecified atom stereocenters. The van der Waals surface area contributed by atoms with E-state index in [0.29, 0.717) is 18.3 Å². The number of carbonyl (C=O) groups excluding carboxylic acids is 1. The minimum atomic E-state index is -0.307. The van der Waals surface area contributed by atoms with E-state index in [4.69, 9.17) is 4.74 Å². The first-order chi connectivity index (χ1) is 9.27. The first kappa shape index (κ1) is 14.3. The lowest BCUT2D eigenvalue weighted by molar-refractivity contribution is 0.0116. The molecule has 0 aliphatic heterocycles. The molecule has 1 saturated carbocycles. The van der Waals surface area contributed by atoms with Gasteiger partial charge in [-0.05, 0) is 32.6 Å². The van der Waals surface area contributed by atoms with E-state index >= 15 is 0 Å². The molecule has 0 saturated heterocycles. The number of rotatable bonds is 6. The number of Topliss-reactive ketones (excluding diaryl/α,β-unsaturated/α-hetero) is 1. The normalized spacial score (nSPS) is 18.4. The largest absolute Gasteiger partial charge is 0.370 e. The highest BCUT2D eigenvalue weighted by Gasteiger charge is 2.32. The zero-order valence-electron chi connectivity index (χ0n) is 12.0. The molecule has 4 heteroatoms. The van der Waals surface area contributed by atoms with Gasteiger partial charge >= 0.3 is 0 Å². The maximum atomic E-state index is 12.7. The molecule has 1 fully saturated rings. The zero-order chi connectivity index (χ0) is 13.7. The van der Waals surface area contributed by atoms with E-state index in [9.17, 15) is 4.79 Å². The minimum absolute atomic E-state index is 0.0561. The second kappa shape index (κ2) is 6.85.